The van der Waals surface area contributed by atoms with Crippen molar-refractivity contribution in [1.82, 2.24) is 5.16 Å². The normalized spacial score (nSPS) is 10.5. The monoisotopic (exact) mass is 408 g/mol. The first-order valence-electron chi connectivity index (χ1n) is 9.53. The lowest BCUT2D eigenvalue weighted by atomic mass is 10.1. The number of anilines is 1. The van der Waals surface area contributed by atoms with E-state index in [-0.39, 0.29) is 6.61 Å². The lowest BCUT2D eigenvalue weighted by molar-refractivity contribution is -0.119. The third-order valence-electron chi connectivity index (χ3n) is 4.87. The molecule has 30 heavy (non-hydrogen) atoms. The van der Waals surface area contributed by atoms with Crippen LogP contribution in [0.25, 0.3) is 0 Å². The number of nitrogens with one attached hydrogen (secondary N) is 1. The minimum Gasteiger partial charge on any atom is -0.489 e. The molecule has 0 aliphatic rings. The summed E-state index contributed by atoms with van der Waals surface area (Å²) in [5, 5.41) is 6.64. The molecule has 1 N–H and O–H groups in total. The van der Waals surface area contributed by atoms with Gasteiger partial charge in [0.15, 0.2) is 6.61 Å². The number of benzene rings is 2. The first-order chi connectivity index (χ1) is 14.3. The van der Waals surface area contributed by atoms with Gasteiger partial charge in [0.05, 0.1) is 16.8 Å². The molecule has 0 saturated carbocycles. The molecule has 0 bridgehead atoms. The Bertz CT molecular complexity index is 1030. The van der Waals surface area contributed by atoms with Crippen LogP contribution >= 0.6 is 0 Å². The Hall–Kier alpha value is -3.61. The molecular formula is C23H24N2O5. The SMILES string of the molecule is Cc1cccc(NC(=O)COC(=O)c2ccc(OCc3c(C)noc3C)cc2)c1C. The number of carbonyl (C=O) groups is 2. The van der Waals surface area contributed by atoms with Crippen molar-refractivity contribution in [3.8, 4) is 5.75 Å². The molecule has 2 aromatic carbocycles. The molecule has 0 unspecified atom stereocenters. The smallest absolute Gasteiger partial charge is 0.338 e. The molecule has 0 spiro atoms. The molecular weight excluding hydrogens is 384 g/mol. The van der Waals surface area contributed by atoms with Gasteiger partial charge in [-0.05, 0) is 69.2 Å². The molecule has 0 fully saturated rings. The van der Waals surface area contributed by atoms with E-state index in [0.717, 1.165) is 22.4 Å². The number of carbonyl (C=O) groups excluding carboxylic acids is 2. The molecule has 0 aliphatic carbocycles. The van der Waals surface area contributed by atoms with E-state index in [1.165, 1.54) is 0 Å². The summed E-state index contributed by atoms with van der Waals surface area (Å²) in [6, 6.07) is 12.2. The average Bonchev–Trinajstić information content (AvgIpc) is 3.06. The summed E-state index contributed by atoms with van der Waals surface area (Å²) in [5.41, 5.74) is 4.76. The molecule has 0 atom stereocenters. The van der Waals surface area contributed by atoms with Crippen molar-refractivity contribution in [3.63, 3.8) is 0 Å². The summed E-state index contributed by atoms with van der Waals surface area (Å²) in [4.78, 5) is 24.3. The third kappa shape index (κ3) is 5.05. The third-order valence-corrected chi connectivity index (χ3v) is 4.87. The topological polar surface area (TPSA) is 90.7 Å². The van der Waals surface area contributed by atoms with Crippen LogP contribution in [0.5, 0.6) is 5.75 Å². The van der Waals surface area contributed by atoms with E-state index in [0.29, 0.717) is 29.4 Å². The van der Waals surface area contributed by atoms with Crippen LogP contribution in [0.15, 0.2) is 47.0 Å². The number of nitrogens with zero attached hydrogens (tertiary/aromatic N) is 1. The van der Waals surface area contributed by atoms with Crippen LogP contribution < -0.4 is 10.1 Å². The number of hydrogen-bond acceptors (Lipinski definition) is 6. The second-order valence-electron chi connectivity index (χ2n) is 6.99. The molecule has 1 amide bonds. The van der Waals surface area contributed by atoms with Gasteiger partial charge in [-0.25, -0.2) is 4.79 Å². The highest BCUT2D eigenvalue weighted by molar-refractivity contribution is 5.96. The molecule has 0 radical (unpaired) electrons. The maximum absolute atomic E-state index is 12.2. The molecule has 7 nitrogen and oxygen atoms in total. The Morgan fingerprint density at radius 2 is 1.77 bits per heavy atom. The van der Waals surface area contributed by atoms with Gasteiger partial charge in [-0.2, -0.15) is 0 Å². The maximum Gasteiger partial charge on any atom is 0.338 e. The van der Waals surface area contributed by atoms with Crippen LogP contribution in [0.3, 0.4) is 0 Å². The highest BCUT2D eigenvalue weighted by Gasteiger charge is 2.13. The van der Waals surface area contributed by atoms with E-state index in [4.69, 9.17) is 14.0 Å². The fraction of sp³-hybridized carbons (Fsp3) is 0.261. The highest BCUT2D eigenvalue weighted by Crippen LogP contribution is 2.19. The number of amides is 1. The Labute approximate surface area is 175 Å². The zero-order chi connectivity index (χ0) is 21.7. The van der Waals surface area contributed by atoms with Crippen LogP contribution in [0.4, 0.5) is 5.69 Å². The average molecular weight is 408 g/mol. The Morgan fingerprint density at radius 3 is 2.43 bits per heavy atom. The van der Waals surface area contributed by atoms with Gasteiger partial charge in [0, 0.05) is 5.69 Å². The van der Waals surface area contributed by atoms with Crippen LogP contribution in [0.2, 0.25) is 0 Å². The second-order valence-corrected chi connectivity index (χ2v) is 6.99. The van der Waals surface area contributed by atoms with Gasteiger partial charge in [0.2, 0.25) is 0 Å². The molecule has 156 valence electrons. The highest BCUT2D eigenvalue weighted by atomic mass is 16.5. The summed E-state index contributed by atoms with van der Waals surface area (Å²) >= 11 is 0. The first-order valence-corrected chi connectivity index (χ1v) is 9.53. The number of rotatable bonds is 7. The fourth-order valence-corrected chi connectivity index (χ4v) is 2.84. The predicted molar refractivity (Wildman–Crippen MR) is 112 cm³/mol. The van der Waals surface area contributed by atoms with Gasteiger partial charge >= 0.3 is 5.97 Å². The van der Waals surface area contributed by atoms with E-state index in [1.807, 2.05) is 45.9 Å². The van der Waals surface area contributed by atoms with Crippen molar-refractivity contribution in [2.24, 2.45) is 0 Å². The molecule has 7 heteroatoms. The van der Waals surface area contributed by atoms with Crippen molar-refractivity contribution < 1.29 is 23.6 Å². The lowest BCUT2D eigenvalue weighted by Crippen LogP contribution is -2.21. The molecule has 0 aliphatic heterocycles. The van der Waals surface area contributed by atoms with Crippen LogP contribution in [0, 0.1) is 27.7 Å². The predicted octanol–water partition coefficient (Wildman–Crippen LogP) is 4.28. The standard InChI is InChI=1S/C23H24N2O5/c1-14-6-5-7-21(15(14)2)24-22(26)13-29-23(27)18-8-10-19(11-9-18)28-12-20-16(3)25-30-17(20)4/h5-11H,12-13H2,1-4H3,(H,24,26). The molecule has 3 aromatic rings. The van der Waals surface area contributed by atoms with Gasteiger partial charge in [0.1, 0.15) is 18.1 Å². The number of aromatic nitrogens is 1. The van der Waals surface area contributed by atoms with Crippen LogP contribution in [-0.4, -0.2) is 23.6 Å². The quantitative estimate of drug-likeness (QED) is 0.587. The van der Waals surface area contributed by atoms with Crippen LogP contribution in [0.1, 0.15) is 38.5 Å². The zero-order valence-corrected chi connectivity index (χ0v) is 17.4. The summed E-state index contributed by atoms with van der Waals surface area (Å²) in [6.45, 7) is 7.53. The number of hydrogen-bond donors (Lipinski definition) is 1. The molecule has 1 aromatic heterocycles. The van der Waals surface area contributed by atoms with E-state index >= 15 is 0 Å². The van der Waals surface area contributed by atoms with Crippen molar-refractivity contribution in [2.75, 3.05) is 11.9 Å². The Balaban J connectivity index is 1.50. The zero-order valence-electron chi connectivity index (χ0n) is 17.4. The second kappa shape index (κ2) is 9.26. The first kappa shape index (κ1) is 21.1. The summed E-state index contributed by atoms with van der Waals surface area (Å²) in [5.74, 6) is 0.339. The Morgan fingerprint density at radius 1 is 1.03 bits per heavy atom. The van der Waals surface area contributed by atoms with Crippen molar-refractivity contribution in [1.29, 1.82) is 0 Å². The summed E-state index contributed by atoms with van der Waals surface area (Å²) in [7, 11) is 0. The number of esters is 1. The maximum atomic E-state index is 12.2. The van der Waals surface area contributed by atoms with E-state index in [9.17, 15) is 9.59 Å². The van der Waals surface area contributed by atoms with Gasteiger partial charge in [-0.15, -0.1) is 0 Å². The van der Waals surface area contributed by atoms with Crippen molar-refractivity contribution in [2.45, 2.75) is 34.3 Å². The molecule has 1 heterocycles. The van der Waals surface area contributed by atoms with Crippen molar-refractivity contribution >= 4 is 17.6 Å². The van der Waals surface area contributed by atoms with Gasteiger partial charge in [-0.3, -0.25) is 4.79 Å². The lowest BCUT2D eigenvalue weighted by Gasteiger charge is -2.11. The number of ether oxygens (including phenoxy) is 2. The van der Waals surface area contributed by atoms with Gasteiger partial charge in [-0.1, -0.05) is 17.3 Å². The van der Waals surface area contributed by atoms with Crippen LogP contribution in [-0.2, 0) is 16.1 Å². The number of aryl methyl sites for hydroxylation is 3. The summed E-state index contributed by atoms with van der Waals surface area (Å²) < 4.78 is 15.9. The fourth-order valence-electron chi connectivity index (χ4n) is 2.84. The van der Waals surface area contributed by atoms with Gasteiger partial charge < -0.3 is 19.3 Å². The Kier molecular flexibility index (Phi) is 6.51. The van der Waals surface area contributed by atoms with E-state index in [2.05, 4.69) is 10.5 Å². The van der Waals surface area contributed by atoms with E-state index in [1.54, 1.807) is 24.3 Å². The largest absolute Gasteiger partial charge is 0.489 e. The minimum absolute atomic E-state index is 0.323. The minimum atomic E-state index is -0.580. The molecule has 0 saturated heterocycles. The summed E-state index contributed by atoms with van der Waals surface area (Å²) in [6.07, 6.45) is 0. The van der Waals surface area contributed by atoms with Crippen molar-refractivity contribution in [3.05, 3.63) is 76.2 Å². The van der Waals surface area contributed by atoms with E-state index < -0.39 is 11.9 Å². The van der Waals surface area contributed by atoms with Gasteiger partial charge in [0.25, 0.3) is 5.91 Å². The molecule has 3 rings (SSSR count).